The molecule has 5 aromatic rings. The van der Waals surface area contributed by atoms with Crippen LogP contribution in [-0.2, 0) is 51.8 Å². The molecule has 0 radical (unpaired) electrons. The van der Waals surface area contributed by atoms with E-state index in [1.807, 2.05) is 38.0 Å². The Morgan fingerprint density at radius 3 is 1.16 bits per heavy atom. The van der Waals surface area contributed by atoms with Crippen LogP contribution in [0, 0.1) is 0 Å². The molecule has 0 amide bonds. The second kappa shape index (κ2) is 44.7. The predicted molar refractivity (Wildman–Crippen MR) is 375 cm³/mol. The van der Waals surface area contributed by atoms with Gasteiger partial charge in [-0.1, -0.05) is 54.6 Å². The highest BCUT2D eigenvalue weighted by Crippen LogP contribution is 2.57. The molecule has 0 aliphatic rings. The average molecular weight is 1690 g/mol. The highest BCUT2D eigenvalue weighted by atomic mass is 79.9. The van der Waals surface area contributed by atoms with Crippen molar-refractivity contribution in [3.8, 4) is 28.7 Å². The SMILES string of the molecule is CC(C)OC(=O)[C@H](C)N.CC(C)OC(=O)[C@H](C)NP(=O)(Cl)Oc1ccccc1.CC(C)OC(=O)[C@H](C)NP(=O)(Oc1ccccc1)Oc1c(Br)cc(C(=O)OCCN(C)C)cc1Br.CN(C)CCOC(=O)c1cc(Br)c(O)c(Br)c1.Cl.O=P(Cl)(Cl)Oc1ccccc1. The van der Waals surface area contributed by atoms with Crippen LogP contribution < -0.4 is 34.0 Å². The van der Waals surface area contributed by atoms with Crippen LogP contribution in [-0.4, -0.2) is 136 Å². The number of carbonyl (C=O) groups excluding carboxylic acids is 5. The van der Waals surface area contributed by atoms with E-state index in [0.29, 0.717) is 54.6 Å². The summed E-state index contributed by atoms with van der Waals surface area (Å²) in [6.45, 7) is 13.2. The van der Waals surface area contributed by atoms with Crippen molar-refractivity contribution in [2.45, 2.75) is 98.8 Å². The van der Waals surface area contributed by atoms with Gasteiger partial charge in [0.25, 0.3) is 0 Å². The van der Waals surface area contributed by atoms with Gasteiger partial charge >= 0.3 is 50.5 Å². The number of halogens is 8. The monoisotopic (exact) mass is 1680 g/mol. The molecule has 0 aromatic heterocycles. The number of rotatable bonds is 26. The number of hydrogen-bond donors (Lipinski definition) is 4. The molecule has 514 valence electrons. The number of nitrogens with zero attached hydrogens (tertiary/aromatic N) is 2. The van der Waals surface area contributed by atoms with Crippen LogP contribution in [0.1, 0.15) is 83.0 Å². The quantitative estimate of drug-likeness (QED) is 0.0227. The van der Waals surface area contributed by atoms with Gasteiger partial charge in [0.05, 0.1) is 47.3 Å². The zero-order valence-electron chi connectivity index (χ0n) is 52.5. The summed E-state index contributed by atoms with van der Waals surface area (Å²) in [5.74, 6) is -1.23. The molecule has 0 aliphatic carbocycles. The van der Waals surface area contributed by atoms with Crippen LogP contribution in [0.5, 0.6) is 28.7 Å². The van der Waals surface area contributed by atoms with Gasteiger partial charge in [-0.05, 0) is 215 Å². The van der Waals surface area contributed by atoms with Gasteiger partial charge in [-0.15, -0.1) is 12.4 Å². The lowest BCUT2D eigenvalue weighted by atomic mass is 10.2. The fourth-order valence-corrected chi connectivity index (χ4v) is 12.8. The Morgan fingerprint density at radius 2 is 0.837 bits per heavy atom. The number of para-hydroxylation sites is 3. The van der Waals surface area contributed by atoms with Gasteiger partial charge in [0, 0.05) is 46.8 Å². The molecule has 5 N–H and O–H groups in total. The van der Waals surface area contributed by atoms with Gasteiger partial charge in [0.2, 0.25) is 0 Å². The second-order valence-electron chi connectivity index (χ2n) is 20.1. The summed E-state index contributed by atoms with van der Waals surface area (Å²) in [6.07, 6.45) is -4.11. The largest absolute Gasteiger partial charge is 0.513 e. The molecule has 5 atom stereocenters. The molecule has 0 fully saturated rings. The lowest BCUT2D eigenvalue weighted by molar-refractivity contribution is -0.149. The first-order valence-corrected chi connectivity index (χ1v) is 38.0. The van der Waals surface area contributed by atoms with Crippen LogP contribution in [0.2, 0.25) is 0 Å². The van der Waals surface area contributed by atoms with E-state index < -0.39 is 62.7 Å². The lowest BCUT2D eigenvalue weighted by Gasteiger charge is -2.24. The maximum atomic E-state index is 13.8. The number of likely N-dealkylation sites (N-methyl/N-ethyl adjacent to an activating group) is 2. The first-order valence-electron chi connectivity index (χ1n) is 27.3. The van der Waals surface area contributed by atoms with Crippen molar-refractivity contribution in [1.82, 2.24) is 20.0 Å². The Hall–Kier alpha value is -3.98. The maximum absolute atomic E-state index is 13.8. The van der Waals surface area contributed by atoms with Crippen molar-refractivity contribution >= 4 is 160 Å². The zero-order chi connectivity index (χ0) is 69.4. The third kappa shape index (κ3) is 39.2. The van der Waals surface area contributed by atoms with Crippen molar-refractivity contribution in [3.63, 3.8) is 0 Å². The van der Waals surface area contributed by atoms with Gasteiger partial charge in [-0.3, -0.25) is 14.4 Å². The third-order valence-corrected chi connectivity index (χ3v) is 16.4. The van der Waals surface area contributed by atoms with Crippen molar-refractivity contribution in [2.75, 3.05) is 54.5 Å². The first kappa shape index (κ1) is 88.0. The van der Waals surface area contributed by atoms with Gasteiger partial charge in [-0.2, -0.15) is 5.09 Å². The van der Waals surface area contributed by atoms with Crippen molar-refractivity contribution in [1.29, 1.82) is 0 Å². The summed E-state index contributed by atoms with van der Waals surface area (Å²) in [5.41, 5.74) is 5.86. The van der Waals surface area contributed by atoms with E-state index in [2.05, 4.69) is 78.4 Å². The summed E-state index contributed by atoms with van der Waals surface area (Å²) in [7, 11) is 3.39. The first-order chi connectivity index (χ1) is 42.2. The van der Waals surface area contributed by atoms with Gasteiger partial charge in [-0.25, -0.2) is 28.4 Å². The second-order valence-corrected chi connectivity index (χ2v) is 32.1. The molecule has 0 heterocycles. The molecular weight excluding hydrogens is 1610 g/mol. The molecule has 34 heteroatoms. The minimum absolute atomic E-state index is 0. The Balaban J connectivity index is 0.00000123. The minimum Gasteiger partial charge on any atom is -0.506 e. The smallest absolute Gasteiger partial charge is 0.506 e. The van der Waals surface area contributed by atoms with E-state index in [0.717, 1.165) is 0 Å². The van der Waals surface area contributed by atoms with E-state index in [1.165, 1.54) is 38.1 Å². The predicted octanol–water partition coefficient (Wildman–Crippen LogP) is 15.8. The molecule has 0 bridgehead atoms. The number of hydrogen-bond acceptors (Lipinski definition) is 21. The Bertz CT molecular complexity index is 3180. The molecule has 92 heavy (non-hydrogen) atoms. The number of benzene rings is 5. The van der Waals surface area contributed by atoms with E-state index >= 15 is 0 Å². The zero-order valence-corrected chi connectivity index (χ0v) is 64.6. The summed E-state index contributed by atoms with van der Waals surface area (Å²) >= 11 is 29.1. The molecule has 23 nitrogen and oxygen atoms in total. The number of esters is 5. The van der Waals surface area contributed by atoms with Crippen LogP contribution in [0.4, 0.5) is 0 Å². The van der Waals surface area contributed by atoms with Crippen LogP contribution in [0.3, 0.4) is 0 Å². The van der Waals surface area contributed by atoms with Crippen molar-refractivity contribution in [2.24, 2.45) is 5.73 Å². The number of ether oxygens (including phenoxy) is 5. The van der Waals surface area contributed by atoms with E-state index in [-0.39, 0.29) is 66.1 Å². The number of carbonyl (C=O) groups is 5. The van der Waals surface area contributed by atoms with E-state index in [1.54, 1.807) is 139 Å². The van der Waals surface area contributed by atoms with Gasteiger partial charge in [0.1, 0.15) is 54.3 Å². The molecule has 5 rings (SSSR count). The van der Waals surface area contributed by atoms with Crippen LogP contribution in [0.15, 0.2) is 133 Å². The van der Waals surface area contributed by atoms with Gasteiger partial charge < -0.3 is 62.4 Å². The Kier molecular flexibility index (Phi) is 42.8. The van der Waals surface area contributed by atoms with Gasteiger partial charge in [0.15, 0.2) is 5.75 Å². The Morgan fingerprint density at radius 1 is 0.511 bits per heavy atom. The molecule has 0 saturated heterocycles. The van der Waals surface area contributed by atoms with Crippen molar-refractivity contribution in [3.05, 3.63) is 144 Å². The van der Waals surface area contributed by atoms with Crippen LogP contribution >= 0.6 is 131 Å². The summed E-state index contributed by atoms with van der Waals surface area (Å²) < 4.78 is 84.6. The fraction of sp³-hybridized carbons (Fsp3) is 0.397. The highest BCUT2D eigenvalue weighted by Gasteiger charge is 2.36. The molecule has 0 aliphatic heterocycles. The molecule has 5 aromatic carbocycles. The Labute approximate surface area is 592 Å². The number of phenolic OH excluding ortho intramolecular Hbond substituents is 1. The highest BCUT2D eigenvalue weighted by molar-refractivity contribution is 9.11. The molecule has 2 unspecified atom stereocenters. The number of phenols is 1. The van der Waals surface area contributed by atoms with E-state index in [9.17, 15) is 42.8 Å². The normalized spacial score (nSPS) is 13.1. The topological polar surface area (TPSA) is 296 Å². The van der Waals surface area contributed by atoms with Crippen LogP contribution in [0.25, 0.3) is 0 Å². The average Bonchev–Trinajstić information content (AvgIpc) is 0.816. The number of aromatic hydroxyl groups is 1. The number of nitrogens with two attached hydrogens (primary N) is 1. The molecular formula is C58H78Br4Cl4N5O18P3. The third-order valence-electron chi connectivity index (χ3n) is 9.97. The minimum atomic E-state index is -4.17. The summed E-state index contributed by atoms with van der Waals surface area (Å²) in [5, 5.41) is 14.6. The lowest BCUT2D eigenvalue weighted by Crippen LogP contribution is -2.36. The summed E-state index contributed by atoms with van der Waals surface area (Å²) in [4.78, 5) is 62.4. The maximum Gasteiger partial charge on any atom is 0.513 e. The standard InChI is InChI=1S/C23H29Br2N2O7P.C12H17ClNO4P.C11H13Br2NO3.C6H5Cl2O2P.C6H13NO2.ClH/c1-15(2)32-22(28)16(3)26-35(30,33-18-9-7-6-8-10-18)34-21-19(24)13-17(14-20(21)25)23(29)31-12-11-27(4)5;1-9(2)17-12(15)10(3)14-19(13,16)18-11-7-5-4-6-8-11;1-14(2)3-4-17-11(16)7-5-8(12)10(15)9(13)6-7;7-11(8,9)10-6-4-2-1-3-5-6;1-4(2)9-6(8)5(3)7;/h6-10,13-16H,11-12H2,1-5H3,(H,26,30);4-10H,1-3H3,(H,14,16);5-6,15H,3-4H2,1-2H3;1-5H;4-5H,7H2,1-3H3;1H/t16-,35?;10-,19?;;;5-;/m00..0./s1. The fourth-order valence-electron chi connectivity index (χ4n) is 5.90. The summed E-state index contributed by atoms with van der Waals surface area (Å²) in [6, 6.07) is 29.1. The molecule has 0 spiro atoms. The molecule has 0 saturated carbocycles. The van der Waals surface area contributed by atoms with E-state index in [4.69, 9.17) is 76.7 Å². The number of nitrogens with one attached hydrogen (secondary N) is 2. The van der Waals surface area contributed by atoms with Crippen molar-refractivity contribution < 1.29 is 84.6 Å².